The maximum atomic E-state index is 5.62. The van der Waals surface area contributed by atoms with Gasteiger partial charge in [0.05, 0.1) is 0 Å². The zero-order valence-electron chi connectivity index (χ0n) is 8.14. The standard InChI is InChI=1S/C8H13Cl3N4/c9-8(10,11)7-13-6(14-15-7)4-2-1-3-5-12/h1-5,12H2,(H,13,14,15). The van der Waals surface area contributed by atoms with Crippen LogP contribution in [0.4, 0.5) is 0 Å². The molecule has 0 aliphatic rings. The molecule has 4 nitrogen and oxygen atoms in total. The molecule has 0 aliphatic carbocycles. The SMILES string of the molecule is NCCCCCc1nc(C(Cl)(Cl)Cl)n[nH]1. The highest BCUT2D eigenvalue weighted by molar-refractivity contribution is 6.66. The lowest BCUT2D eigenvalue weighted by Crippen LogP contribution is -2.03. The topological polar surface area (TPSA) is 67.6 Å². The van der Waals surface area contributed by atoms with Crippen molar-refractivity contribution >= 4 is 34.8 Å². The van der Waals surface area contributed by atoms with Crippen molar-refractivity contribution < 1.29 is 0 Å². The van der Waals surface area contributed by atoms with E-state index in [1.807, 2.05) is 0 Å². The molecule has 0 saturated heterocycles. The lowest BCUT2D eigenvalue weighted by molar-refractivity contribution is 0.670. The van der Waals surface area contributed by atoms with Crippen LogP contribution >= 0.6 is 34.8 Å². The van der Waals surface area contributed by atoms with Crippen LogP contribution in [0.5, 0.6) is 0 Å². The van der Waals surface area contributed by atoms with E-state index in [0.717, 1.165) is 38.1 Å². The van der Waals surface area contributed by atoms with Gasteiger partial charge in [-0.25, -0.2) is 4.98 Å². The van der Waals surface area contributed by atoms with Gasteiger partial charge >= 0.3 is 0 Å². The van der Waals surface area contributed by atoms with Gasteiger partial charge in [-0.3, -0.25) is 5.10 Å². The number of hydrogen-bond acceptors (Lipinski definition) is 3. The number of nitrogens with one attached hydrogen (secondary N) is 1. The first-order valence-electron chi connectivity index (χ1n) is 4.72. The summed E-state index contributed by atoms with van der Waals surface area (Å²) in [7, 11) is 0. The van der Waals surface area contributed by atoms with Crippen LogP contribution in [0.2, 0.25) is 0 Å². The Hall–Kier alpha value is -0.0300. The summed E-state index contributed by atoms with van der Waals surface area (Å²) in [4.78, 5) is 4.09. The van der Waals surface area contributed by atoms with Gasteiger partial charge in [-0.1, -0.05) is 41.2 Å². The second-order valence-electron chi connectivity index (χ2n) is 3.20. The van der Waals surface area contributed by atoms with Gasteiger partial charge in [-0.2, -0.15) is 5.10 Å². The van der Waals surface area contributed by atoms with Gasteiger partial charge in [0.15, 0.2) is 0 Å². The van der Waals surface area contributed by atoms with Crippen LogP contribution in [0.3, 0.4) is 0 Å². The highest BCUT2D eigenvalue weighted by atomic mass is 35.6. The molecule has 1 aromatic rings. The highest BCUT2D eigenvalue weighted by Gasteiger charge is 2.27. The predicted molar refractivity (Wildman–Crippen MR) is 62.2 cm³/mol. The molecular formula is C8H13Cl3N4. The van der Waals surface area contributed by atoms with Crippen LogP contribution in [-0.4, -0.2) is 21.7 Å². The molecule has 0 atom stereocenters. The number of aromatic nitrogens is 3. The molecule has 0 unspecified atom stereocenters. The average Bonchev–Trinajstić information content (AvgIpc) is 2.60. The van der Waals surface area contributed by atoms with Gasteiger partial charge in [0.1, 0.15) is 5.82 Å². The van der Waals surface area contributed by atoms with Crippen molar-refractivity contribution in [2.24, 2.45) is 5.73 Å². The van der Waals surface area contributed by atoms with Crippen LogP contribution in [0.15, 0.2) is 0 Å². The van der Waals surface area contributed by atoms with Gasteiger partial charge in [0.2, 0.25) is 5.82 Å². The quantitative estimate of drug-likeness (QED) is 0.638. The van der Waals surface area contributed by atoms with Gasteiger partial charge in [-0.05, 0) is 19.4 Å². The molecule has 15 heavy (non-hydrogen) atoms. The molecule has 1 heterocycles. The van der Waals surface area contributed by atoms with Gasteiger partial charge in [0.25, 0.3) is 3.79 Å². The molecule has 7 heteroatoms. The van der Waals surface area contributed by atoms with E-state index < -0.39 is 3.79 Å². The second-order valence-corrected chi connectivity index (χ2v) is 5.48. The van der Waals surface area contributed by atoms with Crippen LogP contribution in [-0.2, 0) is 10.2 Å². The number of halogens is 3. The van der Waals surface area contributed by atoms with E-state index in [2.05, 4.69) is 15.2 Å². The van der Waals surface area contributed by atoms with Crippen LogP contribution in [0, 0.1) is 0 Å². The maximum absolute atomic E-state index is 5.62. The smallest absolute Gasteiger partial charge is 0.251 e. The van der Waals surface area contributed by atoms with Crippen molar-refractivity contribution in [2.45, 2.75) is 29.5 Å². The summed E-state index contributed by atoms with van der Waals surface area (Å²) in [5.74, 6) is 0.940. The second kappa shape index (κ2) is 5.89. The summed E-state index contributed by atoms with van der Waals surface area (Å²) in [6.45, 7) is 0.718. The Balaban J connectivity index is 2.40. The van der Waals surface area contributed by atoms with E-state index >= 15 is 0 Å². The molecular weight excluding hydrogens is 258 g/mol. The molecule has 0 amide bonds. The summed E-state index contributed by atoms with van der Waals surface area (Å²) in [5.41, 5.74) is 5.38. The Morgan fingerprint density at radius 3 is 2.47 bits per heavy atom. The van der Waals surface area contributed by atoms with Crippen molar-refractivity contribution in [1.29, 1.82) is 0 Å². The van der Waals surface area contributed by atoms with Crippen LogP contribution < -0.4 is 5.73 Å². The van der Waals surface area contributed by atoms with E-state index in [1.54, 1.807) is 0 Å². The Labute approximate surface area is 103 Å². The Bertz CT molecular complexity index is 294. The summed E-state index contributed by atoms with van der Waals surface area (Å²) in [5, 5.41) is 6.57. The normalized spacial score (nSPS) is 12.0. The monoisotopic (exact) mass is 270 g/mol. The molecule has 0 fully saturated rings. The first-order chi connectivity index (χ1) is 7.04. The Morgan fingerprint density at radius 2 is 1.93 bits per heavy atom. The lowest BCUT2D eigenvalue weighted by Gasteiger charge is -2.02. The third kappa shape index (κ3) is 4.55. The maximum Gasteiger partial charge on any atom is 0.251 e. The fourth-order valence-electron chi connectivity index (χ4n) is 1.15. The molecule has 3 N–H and O–H groups in total. The number of rotatable bonds is 5. The summed E-state index contributed by atoms with van der Waals surface area (Å²) in [6, 6.07) is 0. The average molecular weight is 272 g/mol. The summed E-state index contributed by atoms with van der Waals surface area (Å²) >= 11 is 16.9. The van der Waals surface area contributed by atoms with Crippen molar-refractivity contribution in [3.8, 4) is 0 Å². The molecule has 0 aromatic carbocycles. The zero-order valence-corrected chi connectivity index (χ0v) is 10.4. The van der Waals surface area contributed by atoms with E-state index in [1.165, 1.54) is 0 Å². The Kier molecular flexibility index (Phi) is 5.12. The van der Waals surface area contributed by atoms with Crippen LogP contribution in [0.25, 0.3) is 0 Å². The number of hydrogen-bond donors (Lipinski definition) is 2. The fraction of sp³-hybridized carbons (Fsp3) is 0.750. The van der Waals surface area contributed by atoms with Gasteiger partial charge in [-0.15, -0.1) is 0 Å². The molecule has 0 radical (unpaired) electrons. The zero-order chi connectivity index (χ0) is 11.3. The molecule has 86 valence electrons. The summed E-state index contributed by atoms with van der Waals surface area (Å²) < 4.78 is -1.55. The first-order valence-corrected chi connectivity index (χ1v) is 5.86. The van der Waals surface area contributed by atoms with Crippen molar-refractivity contribution in [3.63, 3.8) is 0 Å². The molecule has 1 aromatic heterocycles. The van der Waals surface area contributed by atoms with Crippen LogP contribution in [0.1, 0.15) is 30.9 Å². The van der Waals surface area contributed by atoms with Crippen molar-refractivity contribution in [2.75, 3.05) is 6.54 Å². The number of aromatic amines is 1. The van der Waals surface area contributed by atoms with Crippen molar-refractivity contribution in [1.82, 2.24) is 15.2 Å². The first kappa shape index (κ1) is 13.0. The number of nitrogens with zero attached hydrogens (tertiary/aromatic N) is 2. The van der Waals surface area contributed by atoms with Gasteiger partial charge < -0.3 is 5.73 Å². The van der Waals surface area contributed by atoms with E-state index in [0.29, 0.717) is 0 Å². The largest absolute Gasteiger partial charge is 0.330 e. The van der Waals surface area contributed by atoms with E-state index in [9.17, 15) is 0 Å². The highest BCUT2D eigenvalue weighted by Crippen LogP contribution is 2.35. The third-order valence-electron chi connectivity index (χ3n) is 1.90. The Morgan fingerprint density at radius 1 is 1.20 bits per heavy atom. The number of unbranched alkanes of at least 4 members (excludes halogenated alkanes) is 2. The number of aryl methyl sites for hydroxylation is 1. The number of alkyl halides is 3. The number of nitrogens with two attached hydrogens (primary N) is 1. The molecule has 0 bridgehead atoms. The molecule has 0 saturated carbocycles. The lowest BCUT2D eigenvalue weighted by atomic mass is 10.2. The third-order valence-corrected chi connectivity index (χ3v) is 2.41. The minimum Gasteiger partial charge on any atom is -0.330 e. The van der Waals surface area contributed by atoms with E-state index in [-0.39, 0.29) is 5.82 Å². The van der Waals surface area contributed by atoms with Crippen molar-refractivity contribution in [3.05, 3.63) is 11.6 Å². The molecule has 1 rings (SSSR count). The van der Waals surface area contributed by atoms with E-state index in [4.69, 9.17) is 40.5 Å². The molecule has 0 aliphatic heterocycles. The summed E-state index contributed by atoms with van der Waals surface area (Å²) in [6.07, 6.45) is 3.89. The minimum absolute atomic E-state index is 0.196. The van der Waals surface area contributed by atoms with Gasteiger partial charge in [0, 0.05) is 6.42 Å². The molecule has 0 spiro atoms. The predicted octanol–water partition coefficient (Wildman–Crippen LogP) is 2.30. The fourth-order valence-corrected chi connectivity index (χ4v) is 1.40. The number of H-pyrrole nitrogens is 1. The minimum atomic E-state index is -1.55.